The molecule has 2 rings (SSSR count). The monoisotopic (exact) mass is 289 g/mol. The number of nitrogens with two attached hydrogens (primary N) is 1. The molecule has 0 spiro atoms. The van der Waals surface area contributed by atoms with Crippen molar-refractivity contribution in [1.29, 1.82) is 0 Å². The Balaban J connectivity index is 1.89. The van der Waals surface area contributed by atoms with Crippen LogP contribution in [0, 0.1) is 0 Å². The van der Waals surface area contributed by atoms with Crippen molar-refractivity contribution < 1.29 is 18.8 Å². The molecule has 0 aliphatic rings. The summed E-state index contributed by atoms with van der Waals surface area (Å²) in [6.07, 6.45) is -0.668. The molecule has 7 nitrogen and oxygen atoms in total. The normalized spacial score (nSPS) is 11.9. The molecule has 1 aromatic heterocycles. The number of rotatable bonds is 6. The maximum Gasteiger partial charge on any atom is 0.307 e. The number of aryl methyl sites for hydroxylation is 1. The van der Waals surface area contributed by atoms with Crippen LogP contribution in [0.3, 0.4) is 0 Å². The summed E-state index contributed by atoms with van der Waals surface area (Å²) in [7, 11) is 0. The minimum Gasteiger partial charge on any atom is -0.453 e. The largest absolute Gasteiger partial charge is 0.453 e. The molecule has 2 aromatic rings. The number of amides is 1. The Hall–Kier alpha value is -2.70. The number of ether oxygens (including phenoxy) is 1. The van der Waals surface area contributed by atoms with Crippen molar-refractivity contribution in [3.63, 3.8) is 0 Å². The lowest BCUT2D eigenvalue weighted by molar-refractivity contribution is -0.153. The summed E-state index contributed by atoms with van der Waals surface area (Å²) >= 11 is 0. The topological polar surface area (TPSA) is 108 Å². The second-order valence-corrected chi connectivity index (χ2v) is 4.41. The van der Waals surface area contributed by atoms with Gasteiger partial charge in [-0.2, -0.15) is 4.98 Å². The highest BCUT2D eigenvalue weighted by Crippen LogP contribution is 2.15. The summed E-state index contributed by atoms with van der Waals surface area (Å²) in [5, 5.41) is 3.84. The van der Waals surface area contributed by atoms with Crippen molar-refractivity contribution in [3.05, 3.63) is 36.2 Å². The van der Waals surface area contributed by atoms with Gasteiger partial charge >= 0.3 is 5.97 Å². The SMILES string of the molecule is CC(OC(=O)CCc1nc(-c2ccccc2)no1)C(N)=O. The van der Waals surface area contributed by atoms with E-state index in [-0.39, 0.29) is 12.8 Å². The quantitative estimate of drug-likeness (QED) is 0.797. The van der Waals surface area contributed by atoms with Gasteiger partial charge in [0.15, 0.2) is 6.10 Å². The van der Waals surface area contributed by atoms with Gasteiger partial charge in [-0.1, -0.05) is 35.5 Å². The Morgan fingerprint density at radius 2 is 2.05 bits per heavy atom. The molecule has 0 aliphatic carbocycles. The minimum absolute atomic E-state index is 0.0358. The highest BCUT2D eigenvalue weighted by molar-refractivity contribution is 5.81. The first-order chi connectivity index (χ1) is 10.1. The van der Waals surface area contributed by atoms with Crippen molar-refractivity contribution in [3.8, 4) is 11.4 Å². The van der Waals surface area contributed by atoms with E-state index in [4.69, 9.17) is 15.0 Å². The van der Waals surface area contributed by atoms with E-state index in [0.29, 0.717) is 11.7 Å². The van der Waals surface area contributed by atoms with Gasteiger partial charge in [0.25, 0.3) is 5.91 Å². The van der Waals surface area contributed by atoms with Crippen molar-refractivity contribution in [1.82, 2.24) is 10.1 Å². The van der Waals surface area contributed by atoms with Gasteiger partial charge in [-0.15, -0.1) is 0 Å². The fourth-order valence-electron chi connectivity index (χ4n) is 1.58. The molecule has 0 saturated carbocycles. The van der Waals surface area contributed by atoms with Crippen LogP contribution in [-0.4, -0.2) is 28.1 Å². The predicted molar refractivity (Wildman–Crippen MR) is 72.8 cm³/mol. The van der Waals surface area contributed by atoms with Crippen molar-refractivity contribution >= 4 is 11.9 Å². The molecule has 0 aliphatic heterocycles. The molecule has 110 valence electrons. The molecule has 21 heavy (non-hydrogen) atoms. The van der Waals surface area contributed by atoms with E-state index in [1.807, 2.05) is 30.3 Å². The van der Waals surface area contributed by atoms with Crippen molar-refractivity contribution in [2.75, 3.05) is 0 Å². The zero-order chi connectivity index (χ0) is 15.2. The molecule has 1 aromatic carbocycles. The molecule has 1 atom stereocenters. The molecular formula is C14H15N3O4. The summed E-state index contributed by atoms with van der Waals surface area (Å²) in [6, 6.07) is 9.34. The third-order valence-corrected chi connectivity index (χ3v) is 2.75. The fourth-order valence-corrected chi connectivity index (χ4v) is 1.58. The molecule has 1 amide bonds. The third-order valence-electron chi connectivity index (χ3n) is 2.75. The van der Waals surface area contributed by atoms with Gasteiger partial charge in [0.05, 0.1) is 6.42 Å². The van der Waals surface area contributed by atoms with Crippen LogP contribution < -0.4 is 5.73 Å². The third kappa shape index (κ3) is 4.13. The summed E-state index contributed by atoms with van der Waals surface area (Å²) < 4.78 is 9.88. The first kappa shape index (κ1) is 14.7. The summed E-state index contributed by atoms with van der Waals surface area (Å²) in [5.41, 5.74) is 5.83. The van der Waals surface area contributed by atoms with E-state index < -0.39 is 18.0 Å². The average molecular weight is 289 g/mol. The van der Waals surface area contributed by atoms with Gasteiger partial charge in [-0.25, -0.2) is 0 Å². The van der Waals surface area contributed by atoms with E-state index in [9.17, 15) is 9.59 Å². The highest BCUT2D eigenvalue weighted by Gasteiger charge is 2.16. The fraction of sp³-hybridized carbons (Fsp3) is 0.286. The standard InChI is InChI=1S/C14H15N3O4/c1-9(13(15)19)20-12(18)8-7-11-16-14(17-21-11)10-5-3-2-4-6-10/h2-6,9H,7-8H2,1H3,(H2,15,19). The van der Waals surface area contributed by atoms with Crippen LogP contribution >= 0.6 is 0 Å². The predicted octanol–water partition coefficient (Wildman–Crippen LogP) is 1.09. The molecule has 7 heteroatoms. The molecular weight excluding hydrogens is 274 g/mol. The van der Waals surface area contributed by atoms with E-state index in [1.54, 1.807) is 0 Å². The van der Waals surface area contributed by atoms with Crippen LogP contribution in [-0.2, 0) is 20.7 Å². The van der Waals surface area contributed by atoms with Crippen LogP contribution in [0.15, 0.2) is 34.9 Å². The lowest BCUT2D eigenvalue weighted by Crippen LogP contribution is -2.30. The molecule has 0 fully saturated rings. The number of hydrogen-bond donors (Lipinski definition) is 1. The maximum absolute atomic E-state index is 11.5. The van der Waals surface area contributed by atoms with Gasteiger partial charge in [-0.05, 0) is 6.92 Å². The van der Waals surface area contributed by atoms with Crippen LogP contribution in [0.2, 0.25) is 0 Å². The molecule has 2 N–H and O–H groups in total. The first-order valence-corrected chi connectivity index (χ1v) is 6.43. The number of benzene rings is 1. The number of carbonyl (C=O) groups is 2. The number of aromatic nitrogens is 2. The minimum atomic E-state index is -0.944. The Labute approximate surface area is 121 Å². The number of nitrogens with zero attached hydrogens (tertiary/aromatic N) is 2. The molecule has 1 heterocycles. The molecule has 0 radical (unpaired) electrons. The maximum atomic E-state index is 11.5. The van der Waals surface area contributed by atoms with Gasteiger partial charge in [0, 0.05) is 12.0 Å². The Kier molecular flexibility index (Phi) is 4.65. The second-order valence-electron chi connectivity index (χ2n) is 4.41. The lowest BCUT2D eigenvalue weighted by atomic mass is 10.2. The van der Waals surface area contributed by atoms with E-state index in [1.165, 1.54) is 6.92 Å². The Morgan fingerprint density at radius 1 is 1.33 bits per heavy atom. The van der Waals surface area contributed by atoms with Crippen molar-refractivity contribution in [2.45, 2.75) is 25.9 Å². The molecule has 1 unspecified atom stereocenters. The van der Waals surface area contributed by atoms with Crippen molar-refractivity contribution in [2.24, 2.45) is 5.73 Å². The number of esters is 1. The Morgan fingerprint density at radius 3 is 2.71 bits per heavy atom. The van der Waals surface area contributed by atoms with Crippen LogP contribution in [0.5, 0.6) is 0 Å². The second kappa shape index (κ2) is 6.65. The zero-order valence-corrected chi connectivity index (χ0v) is 11.5. The molecule has 0 bridgehead atoms. The van der Waals surface area contributed by atoms with Crippen LogP contribution in [0.4, 0.5) is 0 Å². The Bertz CT molecular complexity index is 624. The smallest absolute Gasteiger partial charge is 0.307 e. The van der Waals surface area contributed by atoms with Gasteiger partial charge in [0.2, 0.25) is 11.7 Å². The lowest BCUT2D eigenvalue weighted by Gasteiger charge is -2.08. The average Bonchev–Trinajstić information content (AvgIpc) is 2.95. The highest BCUT2D eigenvalue weighted by atomic mass is 16.5. The number of primary amides is 1. The van der Waals surface area contributed by atoms with Crippen LogP contribution in [0.25, 0.3) is 11.4 Å². The number of carbonyl (C=O) groups excluding carboxylic acids is 2. The van der Waals surface area contributed by atoms with E-state index >= 15 is 0 Å². The summed E-state index contributed by atoms with van der Waals surface area (Å²) in [4.78, 5) is 26.5. The summed E-state index contributed by atoms with van der Waals surface area (Å²) in [5.74, 6) is -0.435. The number of hydrogen-bond acceptors (Lipinski definition) is 6. The van der Waals surface area contributed by atoms with E-state index in [2.05, 4.69) is 10.1 Å². The van der Waals surface area contributed by atoms with Gasteiger partial charge < -0.3 is 15.0 Å². The van der Waals surface area contributed by atoms with Crippen LogP contribution in [0.1, 0.15) is 19.2 Å². The first-order valence-electron chi connectivity index (χ1n) is 6.43. The van der Waals surface area contributed by atoms with Gasteiger partial charge in [0.1, 0.15) is 0 Å². The van der Waals surface area contributed by atoms with Gasteiger partial charge in [-0.3, -0.25) is 9.59 Å². The summed E-state index contributed by atoms with van der Waals surface area (Å²) in [6.45, 7) is 1.42. The zero-order valence-electron chi connectivity index (χ0n) is 11.5. The molecule has 0 saturated heterocycles. The van der Waals surface area contributed by atoms with E-state index in [0.717, 1.165) is 5.56 Å².